The van der Waals surface area contributed by atoms with Crippen molar-refractivity contribution in [3.63, 3.8) is 0 Å². The normalized spacial score (nSPS) is 16.1. The molecule has 1 N–H and O–H groups in total. The minimum absolute atomic E-state index is 0.345. The molecule has 1 aliphatic rings. The van der Waals surface area contributed by atoms with Crippen molar-refractivity contribution in [2.45, 2.75) is 6.10 Å². The number of anilines is 2. The van der Waals surface area contributed by atoms with Crippen molar-refractivity contribution in [3.8, 4) is 0 Å². The Morgan fingerprint density at radius 1 is 1.20 bits per heavy atom. The molecule has 0 radical (unpaired) electrons. The highest BCUT2D eigenvalue weighted by molar-refractivity contribution is 5.73. The first-order valence-electron chi connectivity index (χ1n) is 7.02. The van der Waals surface area contributed by atoms with Crippen molar-refractivity contribution >= 4 is 11.4 Å². The molecule has 0 bridgehead atoms. The third-order valence-corrected chi connectivity index (χ3v) is 3.51. The maximum atomic E-state index is 10.1. The minimum Gasteiger partial charge on any atom is -0.389 e. The smallest absolute Gasteiger partial charge is 0.0948 e. The van der Waals surface area contributed by atoms with Crippen LogP contribution in [0.15, 0.2) is 24.3 Å². The maximum absolute atomic E-state index is 10.1. The lowest BCUT2D eigenvalue weighted by atomic mass is 10.1. The number of ether oxygens (including phenoxy) is 2. The molecule has 1 heterocycles. The van der Waals surface area contributed by atoms with E-state index < -0.39 is 6.10 Å². The number of hydrogen-bond donors (Lipinski definition) is 1. The largest absolute Gasteiger partial charge is 0.389 e. The fourth-order valence-corrected chi connectivity index (χ4v) is 2.42. The fraction of sp³-hybridized carbons (Fsp3) is 0.600. The van der Waals surface area contributed by atoms with E-state index in [0.29, 0.717) is 26.4 Å². The van der Waals surface area contributed by atoms with E-state index in [0.717, 1.165) is 13.1 Å². The van der Waals surface area contributed by atoms with Crippen LogP contribution in [0.4, 0.5) is 11.4 Å². The van der Waals surface area contributed by atoms with Gasteiger partial charge in [0.2, 0.25) is 0 Å². The second-order valence-electron chi connectivity index (χ2n) is 5.08. The van der Waals surface area contributed by atoms with Gasteiger partial charge in [-0.25, -0.2) is 0 Å². The molecule has 5 heteroatoms. The zero-order valence-electron chi connectivity index (χ0n) is 12.3. The van der Waals surface area contributed by atoms with E-state index in [1.54, 1.807) is 7.11 Å². The van der Waals surface area contributed by atoms with E-state index >= 15 is 0 Å². The van der Waals surface area contributed by atoms with Gasteiger partial charge in [0, 0.05) is 33.8 Å². The highest BCUT2D eigenvalue weighted by Gasteiger charge is 2.21. The van der Waals surface area contributed by atoms with Crippen LogP contribution in [0.25, 0.3) is 0 Å². The Morgan fingerprint density at radius 3 is 2.70 bits per heavy atom. The van der Waals surface area contributed by atoms with Gasteiger partial charge in [0.05, 0.1) is 37.3 Å². The number of β-amino-alcohol motifs (C(OH)–C–C–N with tert-alkyl or cyclic N) is 1. The SMILES string of the molecule is COCCOCC(O)CN1CCN(C)c2ccccc21. The molecule has 1 aromatic rings. The van der Waals surface area contributed by atoms with Crippen LogP contribution in [0, 0.1) is 0 Å². The summed E-state index contributed by atoms with van der Waals surface area (Å²) in [5.74, 6) is 0. The molecule has 0 aromatic heterocycles. The average molecular weight is 280 g/mol. The molecule has 0 aliphatic carbocycles. The summed E-state index contributed by atoms with van der Waals surface area (Å²) in [5, 5.41) is 10.1. The average Bonchev–Trinajstić information content (AvgIpc) is 2.47. The minimum atomic E-state index is -0.483. The number of aliphatic hydroxyl groups is 1. The molecule has 0 fully saturated rings. The van der Waals surface area contributed by atoms with Crippen LogP contribution in [-0.2, 0) is 9.47 Å². The van der Waals surface area contributed by atoms with Gasteiger partial charge in [0.1, 0.15) is 0 Å². The van der Waals surface area contributed by atoms with Crippen LogP contribution < -0.4 is 9.80 Å². The Morgan fingerprint density at radius 2 is 1.95 bits per heavy atom. The summed E-state index contributed by atoms with van der Waals surface area (Å²) in [6.07, 6.45) is -0.483. The standard InChI is InChI=1S/C15H24N2O3/c1-16-7-8-17(15-6-4-3-5-14(15)16)11-13(18)12-20-10-9-19-2/h3-6,13,18H,7-12H2,1-2H3. The first-order chi connectivity index (χ1) is 9.72. The van der Waals surface area contributed by atoms with Gasteiger partial charge in [-0.05, 0) is 12.1 Å². The molecule has 0 saturated heterocycles. The van der Waals surface area contributed by atoms with Crippen molar-refractivity contribution in [1.82, 2.24) is 0 Å². The highest BCUT2D eigenvalue weighted by Crippen LogP contribution is 2.31. The van der Waals surface area contributed by atoms with Crippen LogP contribution in [-0.4, -0.2) is 64.8 Å². The van der Waals surface area contributed by atoms with E-state index in [4.69, 9.17) is 9.47 Å². The van der Waals surface area contributed by atoms with E-state index in [1.807, 2.05) is 12.1 Å². The topological polar surface area (TPSA) is 45.2 Å². The molecule has 5 nitrogen and oxygen atoms in total. The maximum Gasteiger partial charge on any atom is 0.0948 e. The lowest BCUT2D eigenvalue weighted by Crippen LogP contribution is -2.43. The predicted octanol–water partition coefficient (Wildman–Crippen LogP) is 0.967. The van der Waals surface area contributed by atoms with Gasteiger partial charge in [-0.1, -0.05) is 12.1 Å². The summed E-state index contributed by atoms with van der Waals surface area (Å²) in [7, 11) is 3.74. The van der Waals surface area contributed by atoms with E-state index in [2.05, 4.69) is 29.0 Å². The fourth-order valence-electron chi connectivity index (χ4n) is 2.42. The third kappa shape index (κ3) is 3.85. The highest BCUT2D eigenvalue weighted by atomic mass is 16.5. The molecule has 1 atom stereocenters. The molecule has 0 saturated carbocycles. The molecule has 20 heavy (non-hydrogen) atoms. The van der Waals surface area contributed by atoms with Gasteiger partial charge in [0.15, 0.2) is 0 Å². The number of aliphatic hydroxyl groups excluding tert-OH is 1. The number of likely N-dealkylation sites (N-methyl/N-ethyl adjacent to an activating group) is 1. The second-order valence-corrected chi connectivity index (χ2v) is 5.08. The predicted molar refractivity (Wildman–Crippen MR) is 80.6 cm³/mol. The summed E-state index contributed by atoms with van der Waals surface area (Å²) >= 11 is 0. The Labute approximate surface area is 120 Å². The summed E-state index contributed by atoms with van der Waals surface area (Å²) in [6, 6.07) is 8.29. The van der Waals surface area contributed by atoms with Gasteiger partial charge in [0.25, 0.3) is 0 Å². The Balaban J connectivity index is 1.89. The van der Waals surface area contributed by atoms with Gasteiger partial charge < -0.3 is 24.4 Å². The summed E-state index contributed by atoms with van der Waals surface area (Å²) < 4.78 is 10.3. The van der Waals surface area contributed by atoms with Crippen LogP contribution >= 0.6 is 0 Å². The molecule has 1 unspecified atom stereocenters. The Bertz CT molecular complexity index is 414. The third-order valence-electron chi connectivity index (χ3n) is 3.51. The van der Waals surface area contributed by atoms with Crippen LogP contribution in [0.1, 0.15) is 0 Å². The first-order valence-corrected chi connectivity index (χ1v) is 7.02. The molecule has 0 spiro atoms. The lowest BCUT2D eigenvalue weighted by Gasteiger charge is -2.37. The number of methoxy groups -OCH3 is 1. The van der Waals surface area contributed by atoms with Crippen molar-refractivity contribution in [2.24, 2.45) is 0 Å². The van der Waals surface area contributed by atoms with E-state index in [1.165, 1.54) is 11.4 Å². The summed E-state index contributed by atoms with van der Waals surface area (Å²) in [5.41, 5.74) is 2.39. The second kappa shape index (κ2) is 7.47. The van der Waals surface area contributed by atoms with E-state index in [9.17, 15) is 5.11 Å². The molecule has 2 rings (SSSR count). The molecular formula is C15H24N2O3. The Kier molecular flexibility index (Phi) is 5.64. The van der Waals surface area contributed by atoms with Gasteiger partial charge in [-0.2, -0.15) is 0 Å². The van der Waals surface area contributed by atoms with Gasteiger partial charge in [-0.3, -0.25) is 0 Å². The number of nitrogens with zero attached hydrogens (tertiary/aromatic N) is 2. The summed E-state index contributed by atoms with van der Waals surface area (Å²) in [6.45, 7) is 3.91. The lowest BCUT2D eigenvalue weighted by molar-refractivity contribution is 0.0161. The Hall–Kier alpha value is -1.30. The van der Waals surface area contributed by atoms with Crippen molar-refractivity contribution in [3.05, 3.63) is 24.3 Å². The zero-order chi connectivity index (χ0) is 14.4. The van der Waals surface area contributed by atoms with E-state index in [-0.39, 0.29) is 0 Å². The number of hydrogen-bond acceptors (Lipinski definition) is 5. The molecule has 1 aromatic carbocycles. The van der Waals surface area contributed by atoms with Crippen molar-refractivity contribution < 1.29 is 14.6 Å². The molecule has 1 aliphatic heterocycles. The number of fused-ring (bicyclic) bond motifs is 1. The molecule has 0 amide bonds. The zero-order valence-corrected chi connectivity index (χ0v) is 12.3. The van der Waals surface area contributed by atoms with Crippen LogP contribution in [0.3, 0.4) is 0 Å². The van der Waals surface area contributed by atoms with Crippen LogP contribution in [0.5, 0.6) is 0 Å². The number of para-hydroxylation sites is 2. The molecular weight excluding hydrogens is 256 g/mol. The van der Waals surface area contributed by atoms with Crippen molar-refractivity contribution in [2.75, 3.05) is 63.4 Å². The summed E-state index contributed by atoms with van der Waals surface area (Å²) in [4.78, 5) is 4.47. The van der Waals surface area contributed by atoms with Crippen molar-refractivity contribution in [1.29, 1.82) is 0 Å². The van der Waals surface area contributed by atoms with Crippen LogP contribution in [0.2, 0.25) is 0 Å². The number of benzene rings is 1. The number of rotatable bonds is 7. The molecule has 112 valence electrons. The quantitative estimate of drug-likeness (QED) is 0.754. The van der Waals surface area contributed by atoms with Gasteiger partial charge in [-0.15, -0.1) is 0 Å². The van der Waals surface area contributed by atoms with Gasteiger partial charge >= 0.3 is 0 Å². The first kappa shape index (κ1) is 15.1. The monoisotopic (exact) mass is 280 g/mol.